The van der Waals surface area contributed by atoms with Gasteiger partial charge in [-0.3, -0.25) is 4.90 Å². The van der Waals surface area contributed by atoms with Crippen molar-refractivity contribution < 1.29 is 4.42 Å². The summed E-state index contributed by atoms with van der Waals surface area (Å²) < 4.78 is 5.83. The number of furan rings is 1. The van der Waals surface area contributed by atoms with Crippen LogP contribution in [0.2, 0.25) is 0 Å². The minimum atomic E-state index is 0.471. The van der Waals surface area contributed by atoms with Crippen LogP contribution in [0.15, 0.2) is 21.9 Å². The standard InChI is InChI=1S/C15H23N3OS/c1-11(2)16-7-14-5-6-15(19-14)9-18(4)8-13-10-20-12(3)17-13/h5-6,10-11,16H,7-9H2,1-4H3. The Kier molecular flexibility index (Phi) is 5.34. The van der Waals surface area contributed by atoms with Gasteiger partial charge in [-0.1, -0.05) is 13.8 Å². The lowest BCUT2D eigenvalue weighted by atomic mass is 10.3. The average Bonchev–Trinajstić information content (AvgIpc) is 2.96. The summed E-state index contributed by atoms with van der Waals surface area (Å²) >= 11 is 1.70. The van der Waals surface area contributed by atoms with Crippen molar-refractivity contribution >= 4 is 11.3 Å². The summed E-state index contributed by atoms with van der Waals surface area (Å²) in [5.74, 6) is 1.99. The van der Waals surface area contributed by atoms with Gasteiger partial charge >= 0.3 is 0 Å². The van der Waals surface area contributed by atoms with Crippen molar-refractivity contribution in [2.45, 2.75) is 46.4 Å². The van der Waals surface area contributed by atoms with Gasteiger partial charge in [-0.15, -0.1) is 11.3 Å². The maximum absolute atomic E-state index is 5.83. The fraction of sp³-hybridized carbons (Fsp3) is 0.533. The first-order chi connectivity index (χ1) is 9.52. The van der Waals surface area contributed by atoms with Gasteiger partial charge in [0, 0.05) is 18.0 Å². The molecule has 0 radical (unpaired) electrons. The van der Waals surface area contributed by atoms with Crippen molar-refractivity contribution in [1.82, 2.24) is 15.2 Å². The molecule has 2 heterocycles. The molecule has 0 aliphatic carbocycles. The molecule has 0 aliphatic rings. The van der Waals surface area contributed by atoms with E-state index < -0.39 is 0 Å². The summed E-state index contributed by atoms with van der Waals surface area (Å²) in [4.78, 5) is 6.70. The van der Waals surface area contributed by atoms with Crippen molar-refractivity contribution in [2.75, 3.05) is 7.05 Å². The van der Waals surface area contributed by atoms with Crippen molar-refractivity contribution in [3.63, 3.8) is 0 Å². The van der Waals surface area contributed by atoms with E-state index in [1.54, 1.807) is 11.3 Å². The third kappa shape index (κ3) is 4.74. The molecule has 0 spiro atoms. The molecule has 0 saturated heterocycles. The van der Waals surface area contributed by atoms with Gasteiger partial charge in [0.2, 0.25) is 0 Å². The predicted octanol–water partition coefficient (Wildman–Crippen LogP) is 3.17. The van der Waals surface area contributed by atoms with Crippen LogP contribution in [0.1, 0.15) is 36.1 Å². The first-order valence-electron chi connectivity index (χ1n) is 6.93. The van der Waals surface area contributed by atoms with Crippen molar-refractivity contribution in [2.24, 2.45) is 0 Å². The number of hydrogen-bond acceptors (Lipinski definition) is 5. The van der Waals surface area contributed by atoms with Crippen LogP contribution < -0.4 is 5.32 Å². The van der Waals surface area contributed by atoms with Crippen LogP contribution in [0, 0.1) is 6.92 Å². The van der Waals surface area contributed by atoms with E-state index in [2.05, 4.69) is 47.5 Å². The van der Waals surface area contributed by atoms with Crippen LogP contribution in [0.3, 0.4) is 0 Å². The van der Waals surface area contributed by atoms with Gasteiger partial charge < -0.3 is 9.73 Å². The molecule has 2 aromatic heterocycles. The Morgan fingerprint density at radius 3 is 2.70 bits per heavy atom. The molecule has 20 heavy (non-hydrogen) atoms. The second-order valence-electron chi connectivity index (χ2n) is 5.43. The number of nitrogens with zero attached hydrogens (tertiary/aromatic N) is 2. The van der Waals surface area contributed by atoms with E-state index in [9.17, 15) is 0 Å². The molecule has 0 aromatic carbocycles. The SMILES string of the molecule is Cc1nc(CN(C)Cc2ccc(CNC(C)C)o2)cs1. The molecule has 2 aromatic rings. The average molecular weight is 293 g/mol. The molecule has 5 heteroatoms. The molecule has 1 N–H and O–H groups in total. The van der Waals surface area contributed by atoms with Gasteiger partial charge in [-0.05, 0) is 26.1 Å². The molecule has 2 rings (SSSR count). The fourth-order valence-corrected chi connectivity index (χ4v) is 2.59. The number of nitrogens with one attached hydrogen (secondary N) is 1. The van der Waals surface area contributed by atoms with E-state index in [1.165, 1.54) is 0 Å². The lowest BCUT2D eigenvalue weighted by Crippen LogP contribution is -2.21. The zero-order chi connectivity index (χ0) is 14.5. The van der Waals surface area contributed by atoms with Crippen molar-refractivity contribution in [3.8, 4) is 0 Å². The largest absolute Gasteiger partial charge is 0.463 e. The summed E-state index contributed by atoms with van der Waals surface area (Å²) in [6.07, 6.45) is 0. The number of aromatic nitrogens is 1. The number of aryl methyl sites for hydroxylation is 1. The minimum absolute atomic E-state index is 0.471. The van der Waals surface area contributed by atoms with Gasteiger partial charge in [0.1, 0.15) is 11.5 Å². The Bertz CT molecular complexity index is 533. The summed E-state index contributed by atoms with van der Waals surface area (Å²) in [5, 5.41) is 6.59. The Morgan fingerprint density at radius 1 is 1.30 bits per heavy atom. The molecule has 0 atom stereocenters. The Hall–Kier alpha value is -1.17. The normalized spacial score (nSPS) is 11.7. The van der Waals surface area contributed by atoms with Crippen LogP contribution in [0.25, 0.3) is 0 Å². The predicted molar refractivity (Wildman–Crippen MR) is 82.7 cm³/mol. The highest BCUT2D eigenvalue weighted by Gasteiger charge is 2.08. The van der Waals surface area contributed by atoms with Crippen molar-refractivity contribution in [3.05, 3.63) is 39.7 Å². The lowest BCUT2D eigenvalue weighted by Gasteiger charge is -2.13. The molecule has 110 valence electrons. The third-order valence-electron chi connectivity index (χ3n) is 2.93. The molecule has 4 nitrogen and oxygen atoms in total. The molecule has 0 amide bonds. The summed E-state index contributed by atoms with van der Waals surface area (Å²) in [6.45, 7) is 8.74. The number of hydrogen-bond donors (Lipinski definition) is 1. The van der Waals surface area contributed by atoms with E-state index in [1.807, 2.05) is 13.0 Å². The highest BCUT2D eigenvalue weighted by atomic mass is 32.1. The highest BCUT2D eigenvalue weighted by Crippen LogP contribution is 2.13. The smallest absolute Gasteiger partial charge is 0.118 e. The second kappa shape index (κ2) is 7.02. The fourth-order valence-electron chi connectivity index (χ4n) is 1.99. The number of rotatable bonds is 7. The molecule has 0 bridgehead atoms. The number of thiazole rings is 1. The zero-order valence-corrected chi connectivity index (χ0v) is 13.5. The maximum Gasteiger partial charge on any atom is 0.118 e. The topological polar surface area (TPSA) is 41.3 Å². The first-order valence-corrected chi connectivity index (χ1v) is 7.81. The first kappa shape index (κ1) is 15.2. The van der Waals surface area contributed by atoms with Gasteiger partial charge in [-0.25, -0.2) is 4.98 Å². The second-order valence-corrected chi connectivity index (χ2v) is 6.50. The van der Waals surface area contributed by atoms with E-state index >= 15 is 0 Å². The summed E-state index contributed by atoms with van der Waals surface area (Å²) in [5.41, 5.74) is 1.13. The van der Waals surface area contributed by atoms with Crippen LogP contribution in [-0.2, 0) is 19.6 Å². The monoisotopic (exact) mass is 293 g/mol. The Labute approximate surface area is 124 Å². The van der Waals surface area contributed by atoms with Crippen LogP contribution in [0.4, 0.5) is 0 Å². The summed E-state index contributed by atoms with van der Waals surface area (Å²) in [6, 6.07) is 4.57. The quantitative estimate of drug-likeness (QED) is 0.851. The minimum Gasteiger partial charge on any atom is -0.463 e. The van der Waals surface area contributed by atoms with E-state index in [-0.39, 0.29) is 0 Å². The van der Waals surface area contributed by atoms with E-state index in [0.29, 0.717) is 6.04 Å². The zero-order valence-electron chi connectivity index (χ0n) is 12.6. The van der Waals surface area contributed by atoms with Gasteiger partial charge in [0.05, 0.1) is 23.8 Å². The van der Waals surface area contributed by atoms with Gasteiger partial charge in [-0.2, -0.15) is 0 Å². The van der Waals surface area contributed by atoms with Crippen LogP contribution in [0.5, 0.6) is 0 Å². The van der Waals surface area contributed by atoms with Gasteiger partial charge in [0.15, 0.2) is 0 Å². The van der Waals surface area contributed by atoms with Crippen LogP contribution >= 0.6 is 11.3 Å². The molecular weight excluding hydrogens is 270 g/mol. The van der Waals surface area contributed by atoms with Gasteiger partial charge in [0.25, 0.3) is 0 Å². The van der Waals surface area contributed by atoms with E-state index in [4.69, 9.17) is 4.42 Å². The summed E-state index contributed by atoms with van der Waals surface area (Å²) in [7, 11) is 2.09. The highest BCUT2D eigenvalue weighted by molar-refractivity contribution is 7.09. The maximum atomic E-state index is 5.83. The lowest BCUT2D eigenvalue weighted by molar-refractivity contribution is 0.279. The van der Waals surface area contributed by atoms with E-state index in [0.717, 1.165) is 41.9 Å². The molecule has 0 aliphatic heterocycles. The molecule has 0 unspecified atom stereocenters. The molecular formula is C15H23N3OS. The Balaban J connectivity index is 1.83. The van der Waals surface area contributed by atoms with Crippen molar-refractivity contribution in [1.29, 1.82) is 0 Å². The molecule has 0 saturated carbocycles. The van der Waals surface area contributed by atoms with Crippen LogP contribution in [-0.4, -0.2) is 23.0 Å². The molecule has 0 fully saturated rings. The third-order valence-corrected chi connectivity index (χ3v) is 3.75. The Morgan fingerprint density at radius 2 is 2.05 bits per heavy atom.